The number of nitrogen functional groups attached to an aromatic ring is 1. The van der Waals surface area contributed by atoms with E-state index < -0.39 is 5.91 Å². The number of hydrogen-bond acceptors (Lipinski definition) is 4. The summed E-state index contributed by atoms with van der Waals surface area (Å²) in [5.41, 5.74) is 11.4. The van der Waals surface area contributed by atoms with Gasteiger partial charge in [0.15, 0.2) is 0 Å². The molecule has 13 heavy (non-hydrogen) atoms. The second-order valence-corrected chi connectivity index (χ2v) is 3.06. The minimum atomic E-state index is -0.587. The lowest BCUT2D eigenvalue weighted by molar-refractivity contribution is 0.0995. The van der Waals surface area contributed by atoms with Gasteiger partial charge < -0.3 is 11.5 Å². The molecule has 0 spiro atoms. The first-order valence-electron chi connectivity index (χ1n) is 3.95. The zero-order valence-electron chi connectivity index (χ0n) is 7.61. The van der Waals surface area contributed by atoms with E-state index in [9.17, 15) is 4.79 Å². The summed E-state index contributed by atoms with van der Waals surface area (Å²) in [6.07, 6.45) is 0. The SMILES string of the molecule is CC(C)c1cc(C(N)=O)nc(N)n1. The van der Waals surface area contributed by atoms with E-state index in [0.717, 1.165) is 5.69 Å². The number of amides is 1. The zero-order valence-corrected chi connectivity index (χ0v) is 7.61. The third kappa shape index (κ3) is 2.14. The molecule has 0 radical (unpaired) electrons. The predicted octanol–water partition coefficient (Wildman–Crippen LogP) is 0.281. The smallest absolute Gasteiger partial charge is 0.267 e. The van der Waals surface area contributed by atoms with Crippen LogP contribution < -0.4 is 11.5 Å². The largest absolute Gasteiger partial charge is 0.368 e. The lowest BCUT2D eigenvalue weighted by Gasteiger charge is -2.05. The Bertz CT molecular complexity index is 335. The Balaban J connectivity index is 3.19. The number of hydrogen-bond donors (Lipinski definition) is 2. The highest BCUT2D eigenvalue weighted by molar-refractivity contribution is 5.91. The van der Waals surface area contributed by atoms with Gasteiger partial charge in [-0.1, -0.05) is 13.8 Å². The van der Waals surface area contributed by atoms with Gasteiger partial charge in [0.25, 0.3) is 5.91 Å². The fourth-order valence-corrected chi connectivity index (χ4v) is 0.907. The lowest BCUT2D eigenvalue weighted by Crippen LogP contribution is -2.15. The molecule has 1 heterocycles. The van der Waals surface area contributed by atoms with E-state index in [0.29, 0.717) is 0 Å². The van der Waals surface area contributed by atoms with Crippen molar-refractivity contribution in [3.63, 3.8) is 0 Å². The van der Waals surface area contributed by atoms with Crippen molar-refractivity contribution in [2.75, 3.05) is 5.73 Å². The molecule has 5 heteroatoms. The molecule has 1 aromatic rings. The Morgan fingerprint density at radius 3 is 2.54 bits per heavy atom. The highest BCUT2D eigenvalue weighted by atomic mass is 16.1. The molecule has 5 nitrogen and oxygen atoms in total. The third-order valence-corrected chi connectivity index (χ3v) is 1.61. The van der Waals surface area contributed by atoms with E-state index >= 15 is 0 Å². The van der Waals surface area contributed by atoms with E-state index in [-0.39, 0.29) is 17.6 Å². The highest BCUT2D eigenvalue weighted by Crippen LogP contribution is 2.12. The number of carbonyl (C=O) groups is 1. The zero-order chi connectivity index (χ0) is 10.0. The summed E-state index contributed by atoms with van der Waals surface area (Å²) in [6.45, 7) is 3.90. The van der Waals surface area contributed by atoms with Crippen molar-refractivity contribution < 1.29 is 4.79 Å². The van der Waals surface area contributed by atoms with Crippen LogP contribution in [-0.2, 0) is 0 Å². The summed E-state index contributed by atoms with van der Waals surface area (Å²) >= 11 is 0. The molecule has 70 valence electrons. The first-order chi connectivity index (χ1) is 6.00. The lowest BCUT2D eigenvalue weighted by atomic mass is 10.1. The van der Waals surface area contributed by atoms with Crippen molar-refractivity contribution in [3.8, 4) is 0 Å². The van der Waals surface area contributed by atoms with Gasteiger partial charge in [0.2, 0.25) is 5.95 Å². The van der Waals surface area contributed by atoms with Gasteiger partial charge in [0.05, 0.1) is 0 Å². The molecule has 0 fully saturated rings. The molecule has 0 aliphatic rings. The molecule has 1 amide bonds. The predicted molar refractivity (Wildman–Crippen MR) is 49.1 cm³/mol. The van der Waals surface area contributed by atoms with Crippen molar-refractivity contribution in [1.29, 1.82) is 0 Å². The van der Waals surface area contributed by atoms with Crippen LogP contribution >= 0.6 is 0 Å². The minimum absolute atomic E-state index is 0.0833. The number of carbonyl (C=O) groups excluding carboxylic acids is 1. The van der Waals surface area contributed by atoms with E-state index in [1.54, 1.807) is 6.07 Å². The molecule has 0 atom stereocenters. The minimum Gasteiger partial charge on any atom is -0.368 e. The average Bonchev–Trinajstić information content (AvgIpc) is 2.03. The number of rotatable bonds is 2. The van der Waals surface area contributed by atoms with Crippen LogP contribution in [0.25, 0.3) is 0 Å². The standard InChI is InChI=1S/C8H12N4O/c1-4(2)5-3-6(7(9)13)12-8(10)11-5/h3-4H,1-2H3,(H2,9,13)(H2,10,11,12). The van der Waals surface area contributed by atoms with Crippen LogP contribution in [0.4, 0.5) is 5.95 Å². The van der Waals surface area contributed by atoms with Crippen LogP contribution in [0.1, 0.15) is 35.9 Å². The monoisotopic (exact) mass is 180 g/mol. The second-order valence-electron chi connectivity index (χ2n) is 3.06. The molecule has 0 saturated heterocycles. The van der Waals surface area contributed by atoms with E-state index in [4.69, 9.17) is 11.5 Å². The van der Waals surface area contributed by atoms with Gasteiger partial charge in [-0.25, -0.2) is 9.97 Å². The maximum Gasteiger partial charge on any atom is 0.267 e. The fourth-order valence-electron chi connectivity index (χ4n) is 0.907. The molecular formula is C8H12N4O. The van der Waals surface area contributed by atoms with Crippen molar-refractivity contribution in [3.05, 3.63) is 17.5 Å². The van der Waals surface area contributed by atoms with Crippen LogP contribution in [0, 0.1) is 0 Å². The average molecular weight is 180 g/mol. The van der Waals surface area contributed by atoms with E-state index in [2.05, 4.69) is 9.97 Å². The number of primary amides is 1. The van der Waals surface area contributed by atoms with E-state index in [1.807, 2.05) is 13.8 Å². The summed E-state index contributed by atoms with van der Waals surface area (Å²) < 4.78 is 0. The van der Waals surface area contributed by atoms with E-state index in [1.165, 1.54) is 0 Å². The first-order valence-corrected chi connectivity index (χ1v) is 3.95. The molecule has 4 N–H and O–H groups in total. The molecule has 1 rings (SSSR count). The Morgan fingerprint density at radius 2 is 2.08 bits per heavy atom. The van der Waals surface area contributed by atoms with Crippen LogP contribution in [0.15, 0.2) is 6.07 Å². The van der Waals surface area contributed by atoms with Gasteiger partial charge in [-0.2, -0.15) is 0 Å². The molecule has 0 unspecified atom stereocenters. The van der Waals surface area contributed by atoms with Gasteiger partial charge >= 0.3 is 0 Å². The molecule has 0 aromatic carbocycles. The maximum atomic E-state index is 10.8. The van der Waals surface area contributed by atoms with Crippen molar-refractivity contribution in [1.82, 2.24) is 9.97 Å². The van der Waals surface area contributed by atoms with Crippen molar-refractivity contribution in [2.45, 2.75) is 19.8 Å². The number of nitrogens with two attached hydrogens (primary N) is 2. The second kappa shape index (κ2) is 3.38. The van der Waals surface area contributed by atoms with Crippen molar-refractivity contribution in [2.24, 2.45) is 5.73 Å². The Hall–Kier alpha value is -1.65. The first kappa shape index (κ1) is 9.44. The molecule has 1 aromatic heterocycles. The van der Waals surface area contributed by atoms with Crippen LogP contribution in [-0.4, -0.2) is 15.9 Å². The fraction of sp³-hybridized carbons (Fsp3) is 0.375. The normalized spacial score (nSPS) is 10.4. The van der Waals surface area contributed by atoms with Crippen LogP contribution in [0.3, 0.4) is 0 Å². The Morgan fingerprint density at radius 1 is 1.46 bits per heavy atom. The summed E-state index contributed by atoms with van der Waals surface area (Å²) in [4.78, 5) is 18.5. The highest BCUT2D eigenvalue weighted by Gasteiger charge is 2.08. The van der Waals surface area contributed by atoms with Gasteiger partial charge in [-0.3, -0.25) is 4.79 Å². The third-order valence-electron chi connectivity index (χ3n) is 1.61. The quantitative estimate of drug-likeness (QED) is 0.683. The van der Waals surface area contributed by atoms with Gasteiger partial charge in [0, 0.05) is 5.69 Å². The Kier molecular flexibility index (Phi) is 2.46. The number of aromatic nitrogens is 2. The number of nitrogens with zero attached hydrogens (tertiary/aromatic N) is 2. The van der Waals surface area contributed by atoms with Crippen LogP contribution in [0.5, 0.6) is 0 Å². The van der Waals surface area contributed by atoms with Gasteiger partial charge in [-0.15, -0.1) is 0 Å². The number of anilines is 1. The summed E-state index contributed by atoms with van der Waals surface area (Å²) in [5, 5.41) is 0. The topological polar surface area (TPSA) is 94.9 Å². The molecule has 0 bridgehead atoms. The Labute approximate surface area is 76.2 Å². The summed E-state index contributed by atoms with van der Waals surface area (Å²) in [7, 11) is 0. The molecule has 0 aliphatic carbocycles. The van der Waals surface area contributed by atoms with Crippen LogP contribution in [0.2, 0.25) is 0 Å². The molecule has 0 aliphatic heterocycles. The summed E-state index contributed by atoms with van der Waals surface area (Å²) in [5.74, 6) is -0.306. The van der Waals surface area contributed by atoms with Gasteiger partial charge in [-0.05, 0) is 12.0 Å². The molecule has 0 saturated carbocycles. The van der Waals surface area contributed by atoms with Crippen molar-refractivity contribution >= 4 is 11.9 Å². The van der Waals surface area contributed by atoms with Gasteiger partial charge in [0.1, 0.15) is 5.69 Å². The summed E-state index contributed by atoms with van der Waals surface area (Å²) in [6, 6.07) is 1.56. The maximum absolute atomic E-state index is 10.8. The molecular weight excluding hydrogens is 168 g/mol.